The molecule has 2 aromatic rings. The Labute approximate surface area is 152 Å². The summed E-state index contributed by atoms with van der Waals surface area (Å²) >= 11 is 4.75. The summed E-state index contributed by atoms with van der Waals surface area (Å²) in [4.78, 5) is 0. The van der Waals surface area contributed by atoms with Crippen LogP contribution in [-0.2, 0) is 6.42 Å². The summed E-state index contributed by atoms with van der Waals surface area (Å²) in [6.45, 7) is 2.12. The smallest absolute Gasteiger partial charge is 0.170 e. The summed E-state index contributed by atoms with van der Waals surface area (Å²) in [5.41, 5.74) is 1.63. The third-order valence-electron chi connectivity index (χ3n) is 3.96. The molecule has 1 aromatic heterocycles. The number of halogens is 2. The fourth-order valence-corrected chi connectivity index (χ4v) is 4.15. The van der Waals surface area contributed by atoms with Crippen molar-refractivity contribution in [2.24, 2.45) is 5.92 Å². The molecule has 128 valence electrons. The summed E-state index contributed by atoms with van der Waals surface area (Å²) in [6, 6.07) is 4.74. The minimum atomic E-state index is -0.314. The molecule has 0 aliphatic carbocycles. The van der Waals surface area contributed by atoms with Gasteiger partial charge in [0, 0.05) is 12.2 Å². The molecule has 0 amide bonds. The van der Waals surface area contributed by atoms with Crippen molar-refractivity contribution in [2.45, 2.75) is 24.3 Å². The zero-order valence-corrected chi connectivity index (χ0v) is 15.4. The second-order valence-electron chi connectivity index (χ2n) is 5.85. The Kier molecular flexibility index (Phi) is 6.02. The van der Waals surface area contributed by atoms with E-state index in [1.165, 1.54) is 18.9 Å². The monoisotopic (exact) mass is 412 g/mol. The van der Waals surface area contributed by atoms with E-state index < -0.39 is 0 Å². The van der Waals surface area contributed by atoms with Gasteiger partial charge in [0.25, 0.3) is 0 Å². The highest BCUT2D eigenvalue weighted by atomic mass is 79.9. The largest absolute Gasteiger partial charge is 0.316 e. The van der Waals surface area contributed by atoms with E-state index in [0.717, 1.165) is 24.4 Å². The fraction of sp³-hybridized carbons (Fsp3) is 0.438. The Morgan fingerprint density at radius 1 is 1.46 bits per heavy atom. The Morgan fingerprint density at radius 3 is 3.08 bits per heavy atom. The summed E-state index contributed by atoms with van der Waals surface area (Å²) in [6.07, 6.45) is 2.76. The van der Waals surface area contributed by atoms with Crippen molar-refractivity contribution >= 4 is 33.4 Å². The van der Waals surface area contributed by atoms with E-state index in [-0.39, 0.29) is 5.82 Å². The van der Waals surface area contributed by atoms with Crippen molar-refractivity contribution in [1.29, 1.82) is 5.41 Å². The average molecular weight is 413 g/mol. The minimum absolute atomic E-state index is 0.314. The summed E-state index contributed by atoms with van der Waals surface area (Å²) < 4.78 is 18.5. The van der Waals surface area contributed by atoms with E-state index in [4.69, 9.17) is 10.0 Å². The zero-order chi connectivity index (χ0) is 16.9. The highest BCUT2D eigenvalue weighted by molar-refractivity contribution is 9.10. The number of nitrogens with one attached hydrogen (secondary N) is 2. The molecule has 0 bridgehead atoms. The number of aromatic nitrogens is 2. The first-order chi connectivity index (χ1) is 11.6. The molecule has 24 heavy (non-hydrogen) atoms. The molecule has 1 saturated heterocycles. The number of hydrogen-bond acceptors (Lipinski definition) is 6. The number of benzene rings is 1. The lowest BCUT2D eigenvalue weighted by molar-refractivity contribution is 0.298. The van der Waals surface area contributed by atoms with Gasteiger partial charge in [0.05, 0.1) is 10.2 Å². The molecule has 8 heteroatoms. The molecule has 2 heterocycles. The number of hydrogen-bond donors (Lipinski definition) is 2. The second-order valence-corrected chi connectivity index (χ2v) is 7.71. The lowest BCUT2D eigenvalue weighted by Gasteiger charge is -2.21. The van der Waals surface area contributed by atoms with Crippen LogP contribution in [0.5, 0.6) is 0 Å². The number of thioether (sulfide) groups is 1. The lowest BCUT2D eigenvalue weighted by atomic mass is 10.0. The minimum Gasteiger partial charge on any atom is -0.316 e. The maximum atomic E-state index is 13.3. The topological polar surface area (TPSA) is 74.8 Å². The maximum Gasteiger partial charge on any atom is 0.170 e. The van der Waals surface area contributed by atoms with Crippen LogP contribution in [0.15, 0.2) is 32.3 Å². The fourth-order valence-electron chi connectivity index (χ4n) is 2.66. The van der Waals surface area contributed by atoms with Crippen molar-refractivity contribution in [3.63, 3.8) is 0 Å². The molecule has 5 nitrogen and oxygen atoms in total. The molecule has 3 rings (SSSR count). The van der Waals surface area contributed by atoms with Crippen molar-refractivity contribution in [2.75, 3.05) is 18.8 Å². The van der Waals surface area contributed by atoms with Gasteiger partial charge in [-0.05, 0) is 75.8 Å². The van der Waals surface area contributed by atoms with Gasteiger partial charge in [-0.3, -0.25) is 0 Å². The van der Waals surface area contributed by atoms with Crippen molar-refractivity contribution in [3.05, 3.63) is 39.7 Å². The molecule has 1 aliphatic rings. The van der Waals surface area contributed by atoms with E-state index in [0.29, 0.717) is 33.2 Å². The predicted octanol–water partition coefficient (Wildman–Crippen LogP) is 3.67. The van der Waals surface area contributed by atoms with Crippen LogP contribution >= 0.6 is 27.7 Å². The van der Waals surface area contributed by atoms with Crippen LogP contribution in [0.2, 0.25) is 0 Å². The van der Waals surface area contributed by atoms with E-state index >= 15 is 0 Å². The van der Waals surface area contributed by atoms with Crippen molar-refractivity contribution in [1.82, 2.24) is 15.6 Å². The molecular formula is C16H18BrFN4OS. The van der Waals surface area contributed by atoms with Crippen LogP contribution in [-0.4, -0.2) is 34.9 Å². The van der Waals surface area contributed by atoms with Gasteiger partial charge in [0.1, 0.15) is 5.82 Å². The predicted molar refractivity (Wildman–Crippen MR) is 95.2 cm³/mol. The summed E-state index contributed by atoms with van der Waals surface area (Å²) in [7, 11) is 0. The van der Waals surface area contributed by atoms with Gasteiger partial charge in [-0.25, -0.2) is 9.02 Å². The van der Waals surface area contributed by atoms with E-state index in [1.54, 1.807) is 23.9 Å². The second kappa shape index (κ2) is 8.22. The van der Waals surface area contributed by atoms with Crippen LogP contribution in [0.4, 0.5) is 4.39 Å². The molecule has 1 aromatic carbocycles. The lowest BCUT2D eigenvalue weighted by Crippen LogP contribution is -2.30. The number of rotatable bonds is 6. The standard InChI is InChI=1S/C16H18BrFN4OS/c17-12-6-10(3-4-13(12)18)7-14(19)15-16(22-23-21-15)24-9-11-2-1-5-20-8-11/h3-4,6,11,19-20H,1-2,5,7-9H2. The highest BCUT2D eigenvalue weighted by Gasteiger charge is 2.19. The molecule has 1 aliphatic heterocycles. The van der Waals surface area contributed by atoms with Gasteiger partial charge < -0.3 is 10.7 Å². The van der Waals surface area contributed by atoms with Gasteiger partial charge >= 0.3 is 0 Å². The third kappa shape index (κ3) is 4.43. The first-order valence-corrected chi connectivity index (χ1v) is 9.59. The molecule has 0 saturated carbocycles. The maximum absolute atomic E-state index is 13.3. The Bertz CT molecular complexity index is 718. The van der Waals surface area contributed by atoms with Gasteiger partial charge in [-0.1, -0.05) is 6.07 Å². The molecule has 0 radical (unpaired) electrons. The van der Waals surface area contributed by atoms with Crippen LogP contribution < -0.4 is 5.32 Å². The number of nitrogens with zero attached hydrogens (tertiary/aromatic N) is 2. The van der Waals surface area contributed by atoms with Crippen LogP contribution in [0.1, 0.15) is 24.1 Å². The van der Waals surface area contributed by atoms with Crippen LogP contribution in [0.3, 0.4) is 0 Å². The van der Waals surface area contributed by atoms with Crippen molar-refractivity contribution < 1.29 is 9.02 Å². The van der Waals surface area contributed by atoms with Crippen LogP contribution in [0, 0.1) is 17.1 Å². The van der Waals surface area contributed by atoms with E-state index in [9.17, 15) is 4.39 Å². The molecule has 1 atom stereocenters. The third-order valence-corrected chi connectivity index (χ3v) is 5.75. The first kappa shape index (κ1) is 17.6. The van der Waals surface area contributed by atoms with Gasteiger partial charge in [0.2, 0.25) is 0 Å². The quantitative estimate of drug-likeness (QED) is 0.559. The Balaban J connectivity index is 1.62. The molecule has 1 fully saturated rings. The summed E-state index contributed by atoms with van der Waals surface area (Å²) in [5.74, 6) is 1.23. The molecular weight excluding hydrogens is 395 g/mol. The van der Waals surface area contributed by atoms with Gasteiger partial charge in [0.15, 0.2) is 10.7 Å². The first-order valence-electron chi connectivity index (χ1n) is 7.81. The SMILES string of the molecule is N=C(Cc1ccc(F)c(Br)c1)c1nonc1SCC1CCCNC1. The van der Waals surface area contributed by atoms with Gasteiger partial charge in [-0.2, -0.15) is 0 Å². The average Bonchev–Trinajstić information content (AvgIpc) is 3.06. The van der Waals surface area contributed by atoms with E-state index in [2.05, 4.69) is 31.6 Å². The van der Waals surface area contributed by atoms with E-state index in [1.807, 2.05) is 0 Å². The highest BCUT2D eigenvalue weighted by Crippen LogP contribution is 2.26. The summed E-state index contributed by atoms with van der Waals surface area (Å²) in [5, 5.41) is 20.2. The normalized spacial score (nSPS) is 17.8. The zero-order valence-electron chi connectivity index (χ0n) is 13.0. The molecule has 0 spiro atoms. The molecule has 1 unspecified atom stereocenters. The van der Waals surface area contributed by atoms with Crippen LogP contribution in [0.25, 0.3) is 0 Å². The molecule has 2 N–H and O–H groups in total. The van der Waals surface area contributed by atoms with Crippen molar-refractivity contribution in [3.8, 4) is 0 Å². The van der Waals surface area contributed by atoms with Gasteiger partial charge in [-0.15, -0.1) is 11.8 Å². The Morgan fingerprint density at radius 2 is 2.33 bits per heavy atom. The number of piperidine rings is 1. The Hall–Kier alpha value is -1.25.